The summed E-state index contributed by atoms with van der Waals surface area (Å²) in [5, 5.41) is 5.12. The molecule has 0 aromatic carbocycles. The number of ether oxygens (including phenoxy) is 4. The van der Waals surface area contributed by atoms with Crippen molar-refractivity contribution < 1.29 is 47.8 Å². The van der Waals surface area contributed by atoms with E-state index in [-0.39, 0.29) is 18.1 Å². The van der Waals surface area contributed by atoms with Crippen molar-refractivity contribution in [3.63, 3.8) is 0 Å². The molecule has 1 N–H and O–H groups in total. The summed E-state index contributed by atoms with van der Waals surface area (Å²) >= 11 is 6.75. The third kappa shape index (κ3) is 6.39. The Morgan fingerprint density at radius 1 is 1.24 bits per heavy atom. The van der Waals surface area contributed by atoms with Gasteiger partial charge in [0.2, 0.25) is 18.3 Å². The molecule has 2 aliphatic heterocycles. The molecule has 2 atom stereocenters. The number of esters is 1. The average molecular weight is 522 g/mol. The van der Waals surface area contributed by atoms with Gasteiger partial charge in [-0.1, -0.05) is 5.16 Å². The summed E-state index contributed by atoms with van der Waals surface area (Å²) < 4.78 is 19.5. The molecule has 1 unspecified atom stereocenters. The lowest BCUT2D eigenvalue weighted by molar-refractivity contribution is -0.158. The molecule has 0 aromatic rings. The SMILES string of the molecule is COCC1=C(C(=O)OCOC(=O)OC(C)C)N2C(=O)C(NC(=O)/C(=N\OC)C(=O)CCl)[C@H]2SC1. The van der Waals surface area contributed by atoms with Crippen molar-refractivity contribution in [3.05, 3.63) is 11.3 Å². The average Bonchev–Trinajstić information content (AvgIpc) is 2.79. The zero-order valence-corrected chi connectivity index (χ0v) is 20.4. The number of carbonyl (C=O) groups is 5. The van der Waals surface area contributed by atoms with Gasteiger partial charge < -0.3 is 29.1 Å². The molecule has 0 radical (unpaired) electrons. The lowest BCUT2D eigenvalue weighted by atomic mass is 10.0. The Hall–Kier alpha value is -2.84. The summed E-state index contributed by atoms with van der Waals surface area (Å²) in [7, 11) is 2.57. The van der Waals surface area contributed by atoms with Crippen molar-refractivity contribution in [2.75, 3.05) is 39.3 Å². The second-order valence-electron chi connectivity index (χ2n) is 7.04. The Balaban J connectivity index is 2.12. The normalized spacial score (nSPS) is 19.8. The number of hydrogen-bond donors (Lipinski definition) is 1. The third-order valence-corrected chi connectivity index (χ3v) is 5.91. The molecule has 0 spiro atoms. The lowest BCUT2D eigenvalue weighted by Crippen LogP contribution is -2.71. The van der Waals surface area contributed by atoms with E-state index in [0.29, 0.717) is 5.57 Å². The van der Waals surface area contributed by atoms with E-state index in [2.05, 4.69) is 20.0 Å². The predicted octanol–water partition coefficient (Wildman–Crippen LogP) is 0.159. The van der Waals surface area contributed by atoms with Crippen molar-refractivity contribution in [1.29, 1.82) is 0 Å². The van der Waals surface area contributed by atoms with Crippen molar-refractivity contribution >= 4 is 58.8 Å². The molecule has 34 heavy (non-hydrogen) atoms. The summed E-state index contributed by atoms with van der Waals surface area (Å²) in [6, 6.07) is -1.05. The summed E-state index contributed by atoms with van der Waals surface area (Å²) in [5.41, 5.74) is -0.203. The molecule has 0 saturated carbocycles. The fourth-order valence-electron chi connectivity index (χ4n) is 2.97. The van der Waals surface area contributed by atoms with Crippen LogP contribution in [0.15, 0.2) is 16.4 Å². The van der Waals surface area contributed by atoms with E-state index >= 15 is 0 Å². The molecule has 1 fully saturated rings. The molecule has 0 aromatic heterocycles. The van der Waals surface area contributed by atoms with Crippen molar-refractivity contribution in [1.82, 2.24) is 10.2 Å². The van der Waals surface area contributed by atoms with Crippen LogP contribution in [-0.4, -0.2) is 97.1 Å². The van der Waals surface area contributed by atoms with Gasteiger partial charge in [0.25, 0.3) is 11.8 Å². The first kappa shape index (κ1) is 27.4. The first-order valence-corrected chi connectivity index (χ1v) is 11.4. The number of oxime groups is 1. The molecule has 188 valence electrons. The number of ketones is 1. The first-order chi connectivity index (χ1) is 16.2. The van der Waals surface area contributed by atoms with E-state index in [1.807, 2.05) is 0 Å². The van der Waals surface area contributed by atoms with Gasteiger partial charge in [0.1, 0.15) is 24.2 Å². The topological polar surface area (TPSA) is 159 Å². The van der Waals surface area contributed by atoms with Crippen LogP contribution in [0.1, 0.15) is 13.8 Å². The highest BCUT2D eigenvalue weighted by Gasteiger charge is 2.54. The van der Waals surface area contributed by atoms with Gasteiger partial charge in [0.05, 0.1) is 18.6 Å². The maximum atomic E-state index is 12.8. The number of alkyl halides is 1. The van der Waals surface area contributed by atoms with Gasteiger partial charge in [-0.25, -0.2) is 9.59 Å². The number of fused-ring (bicyclic) bond motifs is 1. The molecular formula is C19H24ClN3O10S. The zero-order chi connectivity index (χ0) is 25.4. The quantitative estimate of drug-likeness (QED) is 0.0750. The van der Waals surface area contributed by atoms with Gasteiger partial charge in [-0.3, -0.25) is 19.3 Å². The second-order valence-corrected chi connectivity index (χ2v) is 8.41. The van der Waals surface area contributed by atoms with Crippen LogP contribution < -0.4 is 5.32 Å². The Labute approximate surface area is 204 Å². The van der Waals surface area contributed by atoms with Crippen LogP contribution in [0.3, 0.4) is 0 Å². The summed E-state index contributed by atoms with van der Waals surface area (Å²) in [5.74, 6) is -3.50. The van der Waals surface area contributed by atoms with Crippen LogP contribution in [0.4, 0.5) is 4.79 Å². The van der Waals surface area contributed by atoms with Crippen molar-refractivity contribution in [2.24, 2.45) is 5.16 Å². The van der Waals surface area contributed by atoms with Crippen molar-refractivity contribution in [3.8, 4) is 0 Å². The monoisotopic (exact) mass is 521 g/mol. The molecular weight excluding hydrogens is 498 g/mol. The summed E-state index contributed by atoms with van der Waals surface area (Å²) in [6.45, 7) is 2.55. The summed E-state index contributed by atoms with van der Waals surface area (Å²) in [4.78, 5) is 66.9. The van der Waals surface area contributed by atoms with E-state index in [1.165, 1.54) is 18.9 Å². The molecule has 2 aliphatic rings. The molecule has 2 heterocycles. The van der Waals surface area contributed by atoms with Crippen LogP contribution in [0.5, 0.6) is 0 Å². The van der Waals surface area contributed by atoms with Gasteiger partial charge in [0, 0.05) is 12.9 Å². The van der Waals surface area contributed by atoms with Gasteiger partial charge in [-0.2, -0.15) is 0 Å². The van der Waals surface area contributed by atoms with E-state index in [0.717, 1.165) is 12.0 Å². The molecule has 0 aliphatic carbocycles. The number of nitrogens with one attached hydrogen (secondary N) is 1. The molecule has 2 rings (SSSR count). The number of β-lactam (4-membered cyclic amide) rings is 1. The van der Waals surface area contributed by atoms with Gasteiger partial charge in [0.15, 0.2) is 0 Å². The van der Waals surface area contributed by atoms with E-state index in [9.17, 15) is 24.0 Å². The minimum Gasteiger partial charge on any atom is -0.431 e. The fourth-order valence-corrected chi connectivity index (χ4v) is 4.42. The van der Waals surface area contributed by atoms with E-state index in [4.69, 9.17) is 25.8 Å². The van der Waals surface area contributed by atoms with Gasteiger partial charge >= 0.3 is 12.1 Å². The number of carbonyl (C=O) groups excluding carboxylic acids is 5. The van der Waals surface area contributed by atoms with E-state index in [1.54, 1.807) is 13.8 Å². The zero-order valence-electron chi connectivity index (χ0n) is 18.8. The standard InChI is InChI=1S/C19H24ClN3O10S/c1-9(2)33-19(28)32-8-31-18(27)14-10(6-29-3)7-34-17-13(16(26)23(14)17)21-15(25)12(22-30-4)11(24)5-20/h9,13,17H,5-8H2,1-4H3,(H,21,25)/b22-12-/t13?,17-/m1/s1. The Kier molecular flexibility index (Phi) is 10.1. The molecule has 15 heteroatoms. The highest BCUT2D eigenvalue weighted by molar-refractivity contribution is 8.00. The lowest BCUT2D eigenvalue weighted by Gasteiger charge is -2.49. The van der Waals surface area contributed by atoms with Crippen LogP contribution in [0, 0.1) is 0 Å². The number of thioether (sulfide) groups is 1. The van der Waals surface area contributed by atoms with Crippen molar-refractivity contribution in [2.45, 2.75) is 31.4 Å². The predicted molar refractivity (Wildman–Crippen MR) is 118 cm³/mol. The maximum absolute atomic E-state index is 12.8. The minimum atomic E-state index is -1.05. The number of nitrogens with zero attached hydrogens (tertiary/aromatic N) is 2. The van der Waals surface area contributed by atoms with Crippen LogP contribution >= 0.6 is 23.4 Å². The van der Waals surface area contributed by atoms with Crippen LogP contribution in [0.25, 0.3) is 0 Å². The van der Waals surface area contributed by atoms with E-state index < -0.39 is 65.6 Å². The number of Topliss-reactive ketones (excluding diaryl/α,β-unsaturated/α-hetero) is 1. The van der Waals surface area contributed by atoms with Gasteiger partial charge in [-0.15, -0.1) is 23.4 Å². The Morgan fingerprint density at radius 2 is 1.94 bits per heavy atom. The summed E-state index contributed by atoms with van der Waals surface area (Å²) in [6.07, 6.45) is -1.44. The smallest absolute Gasteiger partial charge is 0.431 e. The first-order valence-electron chi connectivity index (χ1n) is 9.83. The maximum Gasteiger partial charge on any atom is 0.511 e. The molecule has 1 saturated heterocycles. The number of amides is 2. The Morgan fingerprint density at radius 3 is 2.53 bits per heavy atom. The molecule has 0 bridgehead atoms. The fraction of sp³-hybridized carbons (Fsp3) is 0.579. The number of methoxy groups -OCH3 is 1. The number of rotatable bonds is 11. The highest BCUT2D eigenvalue weighted by atomic mass is 35.5. The molecule has 2 amide bonds. The Bertz CT molecular complexity index is 907. The highest BCUT2D eigenvalue weighted by Crippen LogP contribution is 2.40. The number of halogens is 1. The third-order valence-electron chi connectivity index (χ3n) is 4.33. The van der Waals surface area contributed by atoms with Gasteiger partial charge in [-0.05, 0) is 19.4 Å². The second kappa shape index (κ2) is 12.6. The molecule has 13 nitrogen and oxygen atoms in total. The minimum absolute atomic E-state index is 0.0378. The number of hydrogen-bond acceptors (Lipinski definition) is 12. The van der Waals surface area contributed by atoms with Crippen LogP contribution in [-0.2, 0) is 43.0 Å². The largest absolute Gasteiger partial charge is 0.511 e. The van der Waals surface area contributed by atoms with Crippen LogP contribution in [0.2, 0.25) is 0 Å².